The van der Waals surface area contributed by atoms with E-state index in [1.54, 1.807) is 0 Å². The van der Waals surface area contributed by atoms with Gasteiger partial charge in [0, 0.05) is 18.9 Å². The second kappa shape index (κ2) is 10.0. The number of carboxylic acid groups (broad SMARTS) is 1. The van der Waals surface area contributed by atoms with E-state index in [0.717, 1.165) is 25.7 Å². The summed E-state index contributed by atoms with van der Waals surface area (Å²) in [5, 5.41) is 11.4. The first-order valence-electron chi connectivity index (χ1n) is 6.84. The molecule has 5 nitrogen and oxygen atoms in total. The predicted octanol–water partition coefficient (Wildman–Crippen LogP) is 1.54. The molecule has 1 aliphatic carbocycles. The molecule has 0 heterocycles. The van der Waals surface area contributed by atoms with Gasteiger partial charge in [0.1, 0.15) is 0 Å². The number of aliphatic carboxylic acids is 1. The van der Waals surface area contributed by atoms with E-state index in [-0.39, 0.29) is 30.7 Å². The quantitative estimate of drug-likeness (QED) is 0.621. The number of nitrogens with two attached hydrogens (primary N) is 1. The summed E-state index contributed by atoms with van der Waals surface area (Å²) in [4.78, 5) is 22.3. The number of carboxylic acids is 1. The summed E-state index contributed by atoms with van der Waals surface area (Å²) in [7, 11) is 0. The van der Waals surface area contributed by atoms with Gasteiger partial charge < -0.3 is 16.2 Å². The molecule has 0 bridgehead atoms. The standard InChI is InChI=1S/C13H24N2O3.ClH/c14-9-10-5-1-2-6-11(10)13(18)15-8-4-3-7-12(16)17;/h10-11H,1-9,14H2,(H,15,18)(H,16,17);1H. The molecule has 0 spiro atoms. The zero-order valence-electron chi connectivity index (χ0n) is 11.3. The van der Waals surface area contributed by atoms with Crippen LogP contribution in [-0.2, 0) is 9.59 Å². The number of carbonyl (C=O) groups is 2. The highest BCUT2D eigenvalue weighted by atomic mass is 35.5. The number of nitrogens with one attached hydrogen (secondary N) is 1. The SMILES string of the molecule is Cl.NCC1CCCCC1C(=O)NCCCCC(=O)O. The summed E-state index contributed by atoms with van der Waals surface area (Å²) in [6.45, 7) is 1.15. The maximum absolute atomic E-state index is 12.0. The van der Waals surface area contributed by atoms with Crippen molar-refractivity contribution < 1.29 is 14.7 Å². The van der Waals surface area contributed by atoms with Gasteiger partial charge in [0.15, 0.2) is 0 Å². The van der Waals surface area contributed by atoms with E-state index in [4.69, 9.17) is 10.8 Å². The maximum atomic E-state index is 12.0. The molecule has 0 radical (unpaired) electrons. The fourth-order valence-electron chi connectivity index (χ4n) is 2.58. The van der Waals surface area contributed by atoms with Crippen LogP contribution in [0.5, 0.6) is 0 Å². The normalized spacial score (nSPS) is 22.4. The monoisotopic (exact) mass is 292 g/mol. The molecule has 1 fully saturated rings. The van der Waals surface area contributed by atoms with Gasteiger partial charge in [-0.1, -0.05) is 12.8 Å². The molecule has 1 aliphatic rings. The molecular weight excluding hydrogens is 268 g/mol. The van der Waals surface area contributed by atoms with E-state index < -0.39 is 5.97 Å². The Hall–Kier alpha value is -0.810. The van der Waals surface area contributed by atoms with E-state index >= 15 is 0 Å². The van der Waals surface area contributed by atoms with Crippen molar-refractivity contribution >= 4 is 24.3 Å². The molecule has 0 aromatic heterocycles. The Morgan fingerprint density at radius 2 is 1.89 bits per heavy atom. The molecule has 6 heteroatoms. The first-order valence-corrected chi connectivity index (χ1v) is 6.84. The van der Waals surface area contributed by atoms with Gasteiger partial charge in [-0.2, -0.15) is 0 Å². The van der Waals surface area contributed by atoms with Gasteiger partial charge in [-0.25, -0.2) is 0 Å². The van der Waals surface area contributed by atoms with Crippen molar-refractivity contribution in [1.29, 1.82) is 0 Å². The number of carbonyl (C=O) groups excluding carboxylic acids is 1. The third-order valence-electron chi connectivity index (χ3n) is 3.67. The van der Waals surface area contributed by atoms with Gasteiger partial charge in [-0.05, 0) is 38.1 Å². The minimum absolute atomic E-state index is 0. The summed E-state index contributed by atoms with van der Waals surface area (Å²) in [6.07, 6.45) is 5.76. The second-order valence-electron chi connectivity index (χ2n) is 5.03. The van der Waals surface area contributed by atoms with Crippen LogP contribution in [0.25, 0.3) is 0 Å². The fourth-order valence-corrected chi connectivity index (χ4v) is 2.58. The first kappa shape index (κ1) is 18.2. The molecule has 1 rings (SSSR count). The van der Waals surface area contributed by atoms with E-state index in [9.17, 15) is 9.59 Å². The minimum Gasteiger partial charge on any atom is -0.481 e. The molecule has 0 aliphatic heterocycles. The zero-order chi connectivity index (χ0) is 13.4. The molecule has 2 atom stereocenters. The summed E-state index contributed by atoms with van der Waals surface area (Å²) in [5.41, 5.74) is 5.70. The summed E-state index contributed by atoms with van der Waals surface area (Å²) < 4.78 is 0. The topological polar surface area (TPSA) is 92.4 Å². The first-order chi connectivity index (χ1) is 8.65. The van der Waals surface area contributed by atoms with Crippen molar-refractivity contribution in [1.82, 2.24) is 5.32 Å². The van der Waals surface area contributed by atoms with E-state index in [1.807, 2.05) is 0 Å². The Balaban J connectivity index is 0.00000324. The van der Waals surface area contributed by atoms with Crippen LogP contribution in [0.1, 0.15) is 44.9 Å². The molecule has 0 saturated heterocycles. The van der Waals surface area contributed by atoms with Crippen LogP contribution in [0, 0.1) is 11.8 Å². The van der Waals surface area contributed by atoms with Gasteiger partial charge in [-0.15, -0.1) is 12.4 Å². The summed E-state index contributed by atoms with van der Waals surface area (Å²) >= 11 is 0. The molecule has 19 heavy (non-hydrogen) atoms. The number of amides is 1. The van der Waals surface area contributed by atoms with Crippen molar-refractivity contribution in [2.24, 2.45) is 17.6 Å². The van der Waals surface area contributed by atoms with Gasteiger partial charge in [0.05, 0.1) is 0 Å². The zero-order valence-corrected chi connectivity index (χ0v) is 12.1. The van der Waals surface area contributed by atoms with Gasteiger partial charge in [0.2, 0.25) is 5.91 Å². The van der Waals surface area contributed by atoms with Gasteiger partial charge in [0.25, 0.3) is 0 Å². The number of halogens is 1. The minimum atomic E-state index is -0.781. The lowest BCUT2D eigenvalue weighted by molar-refractivity contribution is -0.137. The fraction of sp³-hybridized carbons (Fsp3) is 0.846. The number of unbranched alkanes of at least 4 members (excludes halogenated alkanes) is 1. The highest BCUT2D eigenvalue weighted by molar-refractivity contribution is 5.85. The van der Waals surface area contributed by atoms with Crippen molar-refractivity contribution in [3.8, 4) is 0 Å². The molecule has 0 aromatic rings. The Morgan fingerprint density at radius 1 is 1.21 bits per heavy atom. The molecule has 4 N–H and O–H groups in total. The molecule has 2 unspecified atom stereocenters. The third kappa shape index (κ3) is 6.78. The Labute approximate surface area is 120 Å². The number of rotatable bonds is 7. The maximum Gasteiger partial charge on any atom is 0.303 e. The van der Waals surface area contributed by atoms with E-state index in [0.29, 0.717) is 25.4 Å². The van der Waals surface area contributed by atoms with Crippen LogP contribution in [0.3, 0.4) is 0 Å². The van der Waals surface area contributed by atoms with Crippen LogP contribution in [0.4, 0.5) is 0 Å². The molecule has 112 valence electrons. The van der Waals surface area contributed by atoms with E-state index in [2.05, 4.69) is 5.32 Å². The molecule has 1 amide bonds. The van der Waals surface area contributed by atoms with E-state index in [1.165, 1.54) is 6.42 Å². The van der Waals surface area contributed by atoms with Crippen LogP contribution in [0.2, 0.25) is 0 Å². The van der Waals surface area contributed by atoms with Crippen LogP contribution < -0.4 is 11.1 Å². The average Bonchev–Trinajstić information content (AvgIpc) is 2.37. The van der Waals surface area contributed by atoms with Crippen molar-refractivity contribution in [3.63, 3.8) is 0 Å². The van der Waals surface area contributed by atoms with Crippen molar-refractivity contribution in [3.05, 3.63) is 0 Å². The highest BCUT2D eigenvalue weighted by Crippen LogP contribution is 2.29. The van der Waals surface area contributed by atoms with Gasteiger partial charge in [-0.3, -0.25) is 9.59 Å². The highest BCUT2D eigenvalue weighted by Gasteiger charge is 2.29. The third-order valence-corrected chi connectivity index (χ3v) is 3.67. The Kier molecular flexibility index (Phi) is 9.61. The summed E-state index contributed by atoms with van der Waals surface area (Å²) in [6, 6.07) is 0. The molecule has 0 aromatic carbocycles. The lowest BCUT2D eigenvalue weighted by Gasteiger charge is -2.29. The molecular formula is C13H25ClN2O3. The van der Waals surface area contributed by atoms with Crippen LogP contribution >= 0.6 is 12.4 Å². The number of hydrogen-bond donors (Lipinski definition) is 3. The lowest BCUT2D eigenvalue weighted by Crippen LogP contribution is -2.39. The predicted molar refractivity (Wildman–Crippen MR) is 76.2 cm³/mol. The molecule has 1 saturated carbocycles. The van der Waals surface area contributed by atoms with Crippen LogP contribution in [-0.4, -0.2) is 30.1 Å². The Bertz CT molecular complexity index is 287. The average molecular weight is 293 g/mol. The smallest absolute Gasteiger partial charge is 0.303 e. The number of hydrogen-bond acceptors (Lipinski definition) is 3. The lowest BCUT2D eigenvalue weighted by atomic mass is 9.79. The van der Waals surface area contributed by atoms with Crippen molar-refractivity contribution in [2.45, 2.75) is 44.9 Å². The Morgan fingerprint density at radius 3 is 2.53 bits per heavy atom. The van der Waals surface area contributed by atoms with Crippen molar-refractivity contribution in [2.75, 3.05) is 13.1 Å². The summed E-state index contributed by atoms with van der Waals surface area (Å²) in [5.74, 6) is -0.307. The van der Waals surface area contributed by atoms with Crippen LogP contribution in [0.15, 0.2) is 0 Å². The second-order valence-corrected chi connectivity index (χ2v) is 5.03. The largest absolute Gasteiger partial charge is 0.481 e. The van der Waals surface area contributed by atoms with Gasteiger partial charge >= 0.3 is 5.97 Å².